The molecule has 2 heterocycles. The molecule has 152 valence electrons. The Bertz CT molecular complexity index is 934. The number of hydrogen-bond acceptors (Lipinski definition) is 7. The van der Waals surface area contributed by atoms with Gasteiger partial charge in [-0.25, -0.2) is 4.98 Å². The number of aromatic nitrogens is 1. The maximum absolute atomic E-state index is 12.9. The highest BCUT2D eigenvalue weighted by Gasteiger charge is 2.44. The summed E-state index contributed by atoms with van der Waals surface area (Å²) in [6.45, 7) is 5.53. The maximum Gasteiger partial charge on any atom is 0.311 e. The Kier molecular flexibility index (Phi) is 6.07. The van der Waals surface area contributed by atoms with Crippen molar-refractivity contribution in [3.05, 3.63) is 46.5 Å². The minimum atomic E-state index is -0.986. The van der Waals surface area contributed by atoms with Gasteiger partial charge in [-0.3, -0.25) is 24.1 Å². The first kappa shape index (κ1) is 20.7. The quantitative estimate of drug-likeness (QED) is 0.550. The molecular formula is C20H21N3O5S. The maximum atomic E-state index is 12.9. The van der Waals surface area contributed by atoms with E-state index in [0.717, 1.165) is 16.2 Å². The summed E-state index contributed by atoms with van der Waals surface area (Å²) >= 11 is 1.16. The zero-order chi connectivity index (χ0) is 21.1. The molecule has 1 N–H and O–H groups in total. The fourth-order valence-electron chi connectivity index (χ4n) is 3.16. The number of amides is 3. The van der Waals surface area contributed by atoms with Gasteiger partial charge < -0.3 is 10.1 Å². The molecule has 1 aromatic heterocycles. The molecule has 1 atom stereocenters. The second-order valence-electron chi connectivity index (χ2n) is 6.83. The number of imide groups is 1. The van der Waals surface area contributed by atoms with Crippen molar-refractivity contribution < 1.29 is 23.9 Å². The van der Waals surface area contributed by atoms with Gasteiger partial charge in [-0.15, -0.1) is 11.3 Å². The lowest BCUT2D eigenvalue weighted by molar-refractivity contribution is -0.142. The van der Waals surface area contributed by atoms with E-state index in [2.05, 4.69) is 10.3 Å². The summed E-state index contributed by atoms with van der Waals surface area (Å²) in [7, 11) is 0. The first-order valence-corrected chi connectivity index (χ1v) is 10.1. The van der Waals surface area contributed by atoms with E-state index in [1.54, 1.807) is 50.4 Å². The molecule has 9 heteroatoms. The molecule has 3 amide bonds. The fraction of sp³-hybridized carbons (Fsp3) is 0.350. The van der Waals surface area contributed by atoms with E-state index in [1.165, 1.54) is 0 Å². The fourth-order valence-corrected chi connectivity index (χ4v) is 3.88. The second kappa shape index (κ2) is 8.52. The third kappa shape index (κ3) is 4.19. The van der Waals surface area contributed by atoms with Gasteiger partial charge in [0.15, 0.2) is 5.13 Å². The highest BCUT2D eigenvalue weighted by atomic mass is 32.1. The number of rotatable bonds is 7. The van der Waals surface area contributed by atoms with Crippen LogP contribution in [0.4, 0.5) is 5.13 Å². The Hall–Kier alpha value is -3.07. The summed E-state index contributed by atoms with van der Waals surface area (Å²) in [5.41, 5.74) is 1.06. The number of carbonyl (C=O) groups excluding carboxylic acids is 4. The molecule has 3 rings (SSSR count). The van der Waals surface area contributed by atoms with E-state index >= 15 is 0 Å². The minimum absolute atomic E-state index is 0.00618. The Morgan fingerprint density at radius 3 is 2.34 bits per heavy atom. The zero-order valence-electron chi connectivity index (χ0n) is 16.3. The van der Waals surface area contributed by atoms with Crippen molar-refractivity contribution in [1.82, 2.24) is 9.88 Å². The van der Waals surface area contributed by atoms with Crippen LogP contribution in [0.15, 0.2) is 29.6 Å². The first-order chi connectivity index (χ1) is 13.8. The van der Waals surface area contributed by atoms with Crippen LogP contribution in [0.3, 0.4) is 0 Å². The van der Waals surface area contributed by atoms with Gasteiger partial charge in [0, 0.05) is 5.38 Å². The van der Waals surface area contributed by atoms with E-state index in [1.807, 2.05) is 0 Å². The monoisotopic (exact) mass is 415 g/mol. The smallest absolute Gasteiger partial charge is 0.311 e. The predicted molar refractivity (Wildman–Crippen MR) is 107 cm³/mol. The number of ether oxygens (including phenoxy) is 1. The van der Waals surface area contributed by atoms with Gasteiger partial charge in [0.1, 0.15) is 6.04 Å². The van der Waals surface area contributed by atoms with Gasteiger partial charge in [-0.1, -0.05) is 26.0 Å². The standard InChI is InChI=1S/C20H21N3O5S/c1-4-28-15(24)9-12-10-29-20(21-12)22-17(25)16(11(2)3)23-18(26)13-7-5-6-8-14(13)19(23)27/h5-8,10-11,16H,4,9H2,1-3H3,(H,21,22,25)/t16-/m0/s1. The van der Waals surface area contributed by atoms with Gasteiger partial charge in [0.25, 0.3) is 11.8 Å². The van der Waals surface area contributed by atoms with Crippen LogP contribution in [0, 0.1) is 5.92 Å². The van der Waals surface area contributed by atoms with E-state index in [0.29, 0.717) is 16.8 Å². The molecule has 0 bridgehead atoms. The molecular weight excluding hydrogens is 394 g/mol. The van der Waals surface area contributed by atoms with Crippen LogP contribution < -0.4 is 5.32 Å². The van der Waals surface area contributed by atoms with E-state index in [9.17, 15) is 19.2 Å². The largest absolute Gasteiger partial charge is 0.466 e. The number of hydrogen-bond donors (Lipinski definition) is 1. The number of esters is 1. The molecule has 0 fully saturated rings. The number of nitrogens with zero attached hydrogens (tertiary/aromatic N) is 2. The predicted octanol–water partition coefficient (Wildman–Crippen LogP) is 2.51. The van der Waals surface area contributed by atoms with Gasteiger partial charge in [0.05, 0.1) is 29.8 Å². The molecule has 1 aliphatic rings. The number of benzene rings is 1. The van der Waals surface area contributed by atoms with Crippen molar-refractivity contribution in [1.29, 1.82) is 0 Å². The van der Waals surface area contributed by atoms with Crippen LogP contribution in [0.1, 0.15) is 47.2 Å². The van der Waals surface area contributed by atoms with Gasteiger partial charge >= 0.3 is 5.97 Å². The molecule has 0 saturated heterocycles. The molecule has 0 unspecified atom stereocenters. The summed E-state index contributed by atoms with van der Waals surface area (Å²) < 4.78 is 4.88. The molecule has 8 nitrogen and oxygen atoms in total. The van der Waals surface area contributed by atoms with Crippen molar-refractivity contribution in [2.24, 2.45) is 5.92 Å². The van der Waals surface area contributed by atoms with Gasteiger partial charge in [-0.2, -0.15) is 0 Å². The SMILES string of the molecule is CCOC(=O)Cc1csc(NC(=O)[C@H](C(C)C)N2C(=O)c3ccccc3C2=O)n1. The summed E-state index contributed by atoms with van der Waals surface area (Å²) in [4.78, 5) is 55.2. The van der Waals surface area contributed by atoms with Gasteiger partial charge in [0.2, 0.25) is 5.91 Å². The van der Waals surface area contributed by atoms with Crippen molar-refractivity contribution in [2.75, 3.05) is 11.9 Å². The van der Waals surface area contributed by atoms with Crippen molar-refractivity contribution in [3.63, 3.8) is 0 Å². The Labute approximate surface area is 171 Å². The Balaban J connectivity index is 1.76. The minimum Gasteiger partial charge on any atom is -0.466 e. The zero-order valence-corrected chi connectivity index (χ0v) is 17.1. The number of nitrogens with one attached hydrogen (secondary N) is 1. The third-order valence-electron chi connectivity index (χ3n) is 4.42. The molecule has 0 aliphatic carbocycles. The highest BCUT2D eigenvalue weighted by Crippen LogP contribution is 2.28. The molecule has 2 aromatic rings. The third-order valence-corrected chi connectivity index (χ3v) is 5.22. The average Bonchev–Trinajstić information content (AvgIpc) is 3.20. The number of carbonyl (C=O) groups is 4. The second-order valence-corrected chi connectivity index (χ2v) is 7.69. The van der Waals surface area contributed by atoms with Crippen LogP contribution in [0.2, 0.25) is 0 Å². The van der Waals surface area contributed by atoms with E-state index in [-0.39, 0.29) is 24.1 Å². The summed E-state index contributed by atoms with van der Waals surface area (Å²) in [5, 5.41) is 4.60. The lowest BCUT2D eigenvalue weighted by Gasteiger charge is -2.27. The summed E-state index contributed by atoms with van der Waals surface area (Å²) in [6.07, 6.45) is 0.00618. The molecule has 0 radical (unpaired) electrons. The molecule has 1 aliphatic heterocycles. The Morgan fingerprint density at radius 1 is 1.17 bits per heavy atom. The highest BCUT2D eigenvalue weighted by molar-refractivity contribution is 7.13. The van der Waals surface area contributed by atoms with Crippen LogP contribution in [-0.2, 0) is 20.7 Å². The lowest BCUT2D eigenvalue weighted by Crippen LogP contribution is -2.50. The molecule has 0 spiro atoms. The van der Waals surface area contributed by atoms with Crippen molar-refractivity contribution in [2.45, 2.75) is 33.2 Å². The number of fused-ring (bicyclic) bond motifs is 1. The lowest BCUT2D eigenvalue weighted by atomic mass is 10.0. The van der Waals surface area contributed by atoms with Crippen LogP contribution in [0.25, 0.3) is 0 Å². The number of anilines is 1. The van der Waals surface area contributed by atoms with Crippen molar-refractivity contribution in [3.8, 4) is 0 Å². The molecule has 1 aromatic carbocycles. The first-order valence-electron chi connectivity index (χ1n) is 9.21. The average molecular weight is 415 g/mol. The van der Waals surface area contributed by atoms with E-state index < -0.39 is 29.7 Å². The van der Waals surface area contributed by atoms with Crippen molar-refractivity contribution >= 4 is 40.2 Å². The number of thiazole rings is 1. The molecule has 29 heavy (non-hydrogen) atoms. The molecule has 0 saturated carbocycles. The normalized spacial score (nSPS) is 14.1. The van der Waals surface area contributed by atoms with E-state index in [4.69, 9.17) is 4.74 Å². The van der Waals surface area contributed by atoms with Gasteiger partial charge in [-0.05, 0) is 25.0 Å². The van der Waals surface area contributed by atoms with Crippen LogP contribution >= 0.6 is 11.3 Å². The summed E-state index contributed by atoms with van der Waals surface area (Å²) in [6, 6.07) is 5.53. The van der Waals surface area contributed by atoms with Crippen LogP contribution in [-0.4, -0.2) is 46.2 Å². The Morgan fingerprint density at radius 2 is 1.79 bits per heavy atom. The van der Waals surface area contributed by atoms with Crippen LogP contribution in [0.5, 0.6) is 0 Å². The topological polar surface area (TPSA) is 106 Å². The summed E-state index contributed by atoms with van der Waals surface area (Å²) in [5.74, 6) is -2.19.